The maximum atomic E-state index is 6.25. The molecular weight excluding hydrogens is 472 g/mol. The molecule has 34 heavy (non-hydrogen) atoms. The second-order valence-corrected chi connectivity index (χ2v) is 8.43. The molecule has 5 rings (SSSR count). The Kier molecular flexibility index (Phi) is 6.55. The maximum absolute atomic E-state index is 6.25. The van der Waals surface area contributed by atoms with Crippen LogP contribution in [0.3, 0.4) is 0 Å². The Balaban J connectivity index is 1.44. The Hall–Kier alpha value is -3.69. The van der Waals surface area contributed by atoms with Crippen LogP contribution in [0.25, 0.3) is 28.5 Å². The fourth-order valence-corrected chi connectivity index (χ4v) is 4.32. The van der Waals surface area contributed by atoms with Gasteiger partial charge in [-0.15, -0.1) is 20.4 Å². The van der Waals surface area contributed by atoms with E-state index in [0.29, 0.717) is 45.7 Å². The summed E-state index contributed by atoms with van der Waals surface area (Å²) in [7, 11) is 0. The van der Waals surface area contributed by atoms with Gasteiger partial charge in [-0.2, -0.15) is 0 Å². The molecule has 0 N–H and O–H groups in total. The Bertz CT molecular complexity index is 1390. The zero-order valence-electron chi connectivity index (χ0n) is 18.1. The van der Waals surface area contributed by atoms with Crippen molar-refractivity contribution in [2.24, 2.45) is 0 Å². The number of thioether (sulfide) groups is 1. The lowest BCUT2D eigenvalue weighted by atomic mass is 10.2. The van der Waals surface area contributed by atoms with Crippen LogP contribution in [0.5, 0.6) is 5.75 Å². The largest absolute Gasteiger partial charge is 0.494 e. The highest BCUT2D eigenvalue weighted by Crippen LogP contribution is 2.31. The standard InChI is InChI=1S/C24H19ClN6O2S/c1-2-32-18-11-9-17(10-12-18)31-22(16-6-5-13-26-14-16)28-30-24(31)34-15-21-27-29-23(33-21)19-7-3-4-8-20(19)25/h3-14H,2,15H2,1H3. The fraction of sp³-hybridized carbons (Fsp3) is 0.125. The van der Waals surface area contributed by atoms with Gasteiger partial charge >= 0.3 is 0 Å². The minimum atomic E-state index is 0.380. The highest BCUT2D eigenvalue weighted by molar-refractivity contribution is 7.98. The highest BCUT2D eigenvalue weighted by Gasteiger charge is 2.18. The van der Waals surface area contributed by atoms with Crippen LogP contribution < -0.4 is 4.74 Å². The molecular formula is C24H19ClN6O2S. The molecule has 10 heteroatoms. The molecule has 0 aliphatic heterocycles. The highest BCUT2D eigenvalue weighted by atomic mass is 35.5. The lowest BCUT2D eigenvalue weighted by molar-refractivity contribution is 0.340. The van der Waals surface area contributed by atoms with E-state index < -0.39 is 0 Å². The van der Waals surface area contributed by atoms with E-state index in [0.717, 1.165) is 17.0 Å². The van der Waals surface area contributed by atoms with Crippen molar-refractivity contribution in [3.8, 4) is 34.3 Å². The minimum absolute atomic E-state index is 0.380. The van der Waals surface area contributed by atoms with Crippen molar-refractivity contribution in [3.05, 3.63) is 84.0 Å². The second-order valence-electron chi connectivity index (χ2n) is 7.08. The molecule has 0 aliphatic carbocycles. The van der Waals surface area contributed by atoms with Gasteiger partial charge < -0.3 is 9.15 Å². The van der Waals surface area contributed by atoms with Gasteiger partial charge in [0.2, 0.25) is 11.8 Å². The van der Waals surface area contributed by atoms with Gasteiger partial charge in [0, 0.05) is 23.6 Å². The lowest BCUT2D eigenvalue weighted by Crippen LogP contribution is -2.00. The molecule has 3 heterocycles. The lowest BCUT2D eigenvalue weighted by Gasteiger charge is -2.11. The van der Waals surface area contributed by atoms with Crippen LogP contribution in [-0.4, -0.2) is 36.6 Å². The number of ether oxygens (including phenoxy) is 1. The zero-order valence-corrected chi connectivity index (χ0v) is 19.7. The van der Waals surface area contributed by atoms with E-state index in [9.17, 15) is 0 Å². The van der Waals surface area contributed by atoms with Crippen molar-refractivity contribution in [2.45, 2.75) is 17.8 Å². The van der Waals surface area contributed by atoms with Crippen LogP contribution >= 0.6 is 23.4 Å². The van der Waals surface area contributed by atoms with Gasteiger partial charge in [-0.05, 0) is 55.5 Å². The topological polar surface area (TPSA) is 91.8 Å². The number of hydrogen-bond acceptors (Lipinski definition) is 8. The first-order valence-electron chi connectivity index (χ1n) is 10.5. The molecule has 0 radical (unpaired) electrons. The average Bonchev–Trinajstić information content (AvgIpc) is 3.52. The number of hydrogen-bond donors (Lipinski definition) is 0. The molecule has 0 saturated heterocycles. The van der Waals surface area contributed by atoms with E-state index in [1.807, 2.05) is 66.1 Å². The number of pyridine rings is 1. The van der Waals surface area contributed by atoms with Gasteiger partial charge in [0.1, 0.15) is 5.75 Å². The van der Waals surface area contributed by atoms with E-state index in [1.165, 1.54) is 11.8 Å². The minimum Gasteiger partial charge on any atom is -0.494 e. The molecule has 0 spiro atoms. The molecule has 0 unspecified atom stereocenters. The Morgan fingerprint density at radius 3 is 2.59 bits per heavy atom. The smallest absolute Gasteiger partial charge is 0.249 e. The van der Waals surface area contributed by atoms with Crippen LogP contribution in [0.1, 0.15) is 12.8 Å². The van der Waals surface area contributed by atoms with Gasteiger partial charge in [0.05, 0.1) is 22.9 Å². The molecule has 0 atom stereocenters. The Morgan fingerprint density at radius 2 is 1.82 bits per heavy atom. The van der Waals surface area contributed by atoms with Gasteiger partial charge in [-0.3, -0.25) is 9.55 Å². The van der Waals surface area contributed by atoms with Crippen molar-refractivity contribution in [2.75, 3.05) is 6.61 Å². The molecule has 0 amide bonds. The first-order valence-corrected chi connectivity index (χ1v) is 11.9. The van der Waals surface area contributed by atoms with Gasteiger partial charge in [0.15, 0.2) is 11.0 Å². The summed E-state index contributed by atoms with van der Waals surface area (Å²) < 4.78 is 13.4. The molecule has 0 fully saturated rings. The molecule has 3 aromatic heterocycles. The van der Waals surface area contributed by atoms with Crippen molar-refractivity contribution in [1.82, 2.24) is 29.9 Å². The summed E-state index contributed by atoms with van der Waals surface area (Å²) in [4.78, 5) is 4.22. The number of halogens is 1. The van der Waals surface area contributed by atoms with Crippen LogP contribution in [-0.2, 0) is 5.75 Å². The van der Waals surface area contributed by atoms with Crippen molar-refractivity contribution >= 4 is 23.4 Å². The zero-order chi connectivity index (χ0) is 23.3. The molecule has 0 bridgehead atoms. The third kappa shape index (κ3) is 4.66. The Morgan fingerprint density at radius 1 is 0.971 bits per heavy atom. The van der Waals surface area contributed by atoms with E-state index in [-0.39, 0.29) is 0 Å². The van der Waals surface area contributed by atoms with E-state index >= 15 is 0 Å². The maximum Gasteiger partial charge on any atom is 0.249 e. The summed E-state index contributed by atoms with van der Waals surface area (Å²) in [6.07, 6.45) is 3.49. The van der Waals surface area contributed by atoms with Crippen LogP contribution in [0.15, 0.2) is 82.6 Å². The summed E-state index contributed by atoms with van der Waals surface area (Å²) >= 11 is 7.70. The molecule has 8 nitrogen and oxygen atoms in total. The second kappa shape index (κ2) is 10.1. The quantitative estimate of drug-likeness (QED) is 0.255. The van der Waals surface area contributed by atoms with Crippen molar-refractivity contribution < 1.29 is 9.15 Å². The molecule has 5 aromatic rings. The summed E-state index contributed by atoms with van der Waals surface area (Å²) in [6, 6.07) is 19.0. The number of benzene rings is 2. The Labute approximate surface area is 205 Å². The first kappa shape index (κ1) is 22.1. The van der Waals surface area contributed by atoms with Gasteiger partial charge in [-0.1, -0.05) is 35.5 Å². The van der Waals surface area contributed by atoms with Crippen molar-refractivity contribution in [3.63, 3.8) is 0 Å². The third-order valence-electron chi connectivity index (χ3n) is 4.85. The van der Waals surface area contributed by atoms with Gasteiger partial charge in [0.25, 0.3) is 0 Å². The molecule has 2 aromatic carbocycles. The van der Waals surface area contributed by atoms with E-state index in [2.05, 4.69) is 25.4 Å². The van der Waals surface area contributed by atoms with E-state index in [1.54, 1.807) is 18.5 Å². The fourth-order valence-electron chi connectivity index (χ4n) is 3.32. The normalized spacial score (nSPS) is 11.0. The summed E-state index contributed by atoms with van der Waals surface area (Å²) in [5.41, 5.74) is 2.45. The number of rotatable bonds is 8. The molecule has 170 valence electrons. The monoisotopic (exact) mass is 490 g/mol. The molecule has 0 aliphatic rings. The number of nitrogens with zero attached hydrogens (tertiary/aromatic N) is 6. The van der Waals surface area contributed by atoms with Crippen LogP contribution in [0.2, 0.25) is 5.02 Å². The summed E-state index contributed by atoms with van der Waals surface area (Å²) in [5.74, 6) is 2.74. The van der Waals surface area contributed by atoms with Crippen LogP contribution in [0, 0.1) is 0 Å². The summed E-state index contributed by atoms with van der Waals surface area (Å²) in [6.45, 7) is 2.56. The van der Waals surface area contributed by atoms with Crippen LogP contribution in [0.4, 0.5) is 0 Å². The van der Waals surface area contributed by atoms with Crippen molar-refractivity contribution in [1.29, 1.82) is 0 Å². The predicted molar refractivity (Wildman–Crippen MR) is 130 cm³/mol. The first-order chi connectivity index (χ1) is 16.7. The molecule has 0 saturated carbocycles. The average molecular weight is 491 g/mol. The summed E-state index contributed by atoms with van der Waals surface area (Å²) in [5, 5.41) is 18.4. The SMILES string of the molecule is CCOc1ccc(-n2c(SCc3nnc(-c4ccccc4Cl)o3)nnc2-c2cccnc2)cc1. The predicted octanol–water partition coefficient (Wildman–Crippen LogP) is 5.72. The van der Waals surface area contributed by atoms with Gasteiger partial charge in [-0.25, -0.2) is 0 Å². The third-order valence-corrected chi connectivity index (χ3v) is 6.10. The number of aromatic nitrogens is 6. The van der Waals surface area contributed by atoms with E-state index in [4.69, 9.17) is 20.8 Å².